The number of aliphatic hydroxyl groups excluding tert-OH is 4. The molecule has 5 atom stereocenters. The third-order valence-corrected chi connectivity index (χ3v) is 1.96. The van der Waals surface area contributed by atoms with E-state index >= 15 is 0 Å². The van der Waals surface area contributed by atoms with Gasteiger partial charge in [0.25, 0.3) is 0 Å². The molecule has 0 bridgehead atoms. The number of rotatable bonds is 1. The Morgan fingerprint density at radius 2 is 1.69 bits per heavy atom. The largest absolute Gasteiger partial charge is 0.394 e. The molecular formula is C6H14ClNO5. The van der Waals surface area contributed by atoms with Gasteiger partial charge in [-0.3, -0.25) is 0 Å². The van der Waals surface area contributed by atoms with E-state index in [2.05, 4.69) is 4.74 Å². The smallest absolute Gasteiger partial charge is 0.183 e. The number of hydrogen-bond acceptors (Lipinski definition) is 6. The molecule has 80 valence electrons. The maximum absolute atomic E-state index is 9.24. The lowest BCUT2D eigenvalue weighted by Crippen LogP contribution is -2.62. The minimum Gasteiger partial charge on any atom is -0.394 e. The highest BCUT2D eigenvalue weighted by molar-refractivity contribution is 5.85. The maximum Gasteiger partial charge on any atom is 0.183 e. The molecule has 1 saturated heterocycles. The Morgan fingerprint density at radius 1 is 1.15 bits per heavy atom. The van der Waals surface area contributed by atoms with E-state index in [0.29, 0.717) is 0 Å². The Labute approximate surface area is 81.3 Å². The highest BCUT2D eigenvalue weighted by Gasteiger charge is 2.41. The van der Waals surface area contributed by atoms with Crippen LogP contribution in [0.25, 0.3) is 0 Å². The van der Waals surface area contributed by atoms with E-state index in [0.717, 1.165) is 0 Å². The van der Waals surface area contributed by atoms with Crippen molar-refractivity contribution in [3.8, 4) is 0 Å². The molecule has 0 aromatic rings. The molecule has 13 heavy (non-hydrogen) atoms. The molecule has 1 fully saturated rings. The van der Waals surface area contributed by atoms with Crippen molar-refractivity contribution in [2.45, 2.75) is 30.6 Å². The van der Waals surface area contributed by atoms with Crippen LogP contribution in [0.3, 0.4) is 0 Å². The molecule has 0 aromatic heterocycles. The van der Waals surface area contributed by atoms with Gasteiger partial charge in [-0.2, -0.15) is 0 Å². The zero-order chi connectivity index (χ0) is 9.30. The van der Waals surface area contributed by atoms with Crippen LogP contribution in [0, 0.1) is 0 Å². The van der Waals surface area contributed by atoms with Crippen molar-refractivity contribution in [2.75, 3.05) is 6.61 Å². The van der Waals surface area contributed by atoms with Crippen LogP contribution in [0.1, 0.15) is 0 Å². The first-order chi connectivity index (χ1) is 5.57. The number of nitrogens with two attached hydrogens (primary N) is 1. The minimum absolute atomic E-state index is 0. The Morgan fingerprint density at radius 3 is 2.15 bits per heavy atom. The molecule has 1 aliphatic rings. The fourth-order valence-corrected chi connectivity index (χ4v) is 1.13. The summed E-state index contributed by atoms with van der Waals surface area (Å²) in [7, 11) is 0. The standard InChI is InChI=1S/C6H13NO5.ClH/c7-3-4(9)2(1-8)12-6(11)5(3)10;/h2-6,8-11H,1,7H2;1H/t2-,3+,4-,5-,6?;/m1./s1. The van der Waals surface area contributed by atoms with E-state index in [9.17, 15) is 5.11 Å². The molecule has 0 saturated carbocycles. The first kappa shape index (κ1) is 13.1. The summed E-state index contributed by atoms with van der Waals surface area (Å²) in [6.45, 7) is -0.446. The average Bonchev–Trinajstić information content (AvgIpc) is 2.08. The van der Waals surface area contributed by atoms with Crippen LogP contribution in [0.2, 0.25) is 0 Å². The highest BCUT2D eigenvalue weighted by atomic mass is 35.5. The predicted octanol–water partition coefficient (Wildman–Crippen LogP) is -2.83. The Balaban J connectivity index is 0.00000144. The summed E-state index contributed by atoms with van der Waals surface area (Å²) in [5.41, 5.74) is 5.33. The van der Waals surface area contributed by atoms with Gasteiger partial charge in [-0.25, -0.2) is 0 Å². The van der Waals surface area contributed by atoms with E-state index in [1.165, 1.54) is 0 Å². The van der Waals surface area contributed by atoms with Gasteiger partial charge in [0.15, 0.2) is 6.29 Å². The number of aliphatic hydroxyl groups is 4. The summed E-state index contributed by atoms with van der Waals surface area (Å²) in [6, 6.07) is -0.995. The van der Waals surface area contributed by atoms with Crippen LogP contribution in [0.4, 0.5) is 0 Å². The van der Waals surface area contributed by atoms with E-state index in [4.69, 9.17) is 21.1 Å². The van der Waals surface area contributed by atoms with Crippen molar-refractivity contribution < 1.29 is 25.2 Å². The number of halogens is 1. The second-order valence-electron chi connectivity index (χ2n) is 2.81. The molecule has 0 spiro atoms. The first-order valence-electron chi connectivity index (χ1n) is 3.64. The molecular weight excluding hydrogens is 202 g/mol. The van der Waals surface area contributed by atoms with Crippen molar-refractivity contribution in [3.05, 3.63) is 0 Å². The lowest BCUT2D eigenvalue weighted by atomic mass is 9.97. The molecule has 0 aromatic carbocycles. The van der Waals surface area contributed by atoms with E-state index in [1.807, 2.05) is 0 Å². The van der Waals surface area contributed by atoms with Crippen molar-refractivity contribution in [3.63, 3.8) is 0 Å². The fourth-order valence-electron chi connectivity index (χ4n) is 1.13. The monoisotopic (exact) mass is 215 g/mol. The van der Waals surface area contributed by atoms with Crippen LogP contribution in [-0.2, 0) is 4.74 Å². The molecule has 1 rings (SSSR count). The third-order valence-electron chi connectivity index (χ3n) is 1.96. The molecule has 0 radical (unpaired) electrons. The zero-order valence-corrected chi connectivity index (χ0v) is 7.59. The van der Waals surface area contributed by atoms with Gasteiger partial charge < -0.3 is 30.9 Å². The summed E-state index contributed by atoms with van der Waals surface area (Å²) in [4.78, 5) is 0. The summed E-state index contributed by atoms with van der Waals surface area (Å²) in [6.07, 6.45) is -4.85. The van der Waals surface area contributed by atoms with Crippen molar-refractivity contribution >= 4 is 12.4 Å². The van der Waals surface area contributed by atoms with Crippen molar-refractivity contribution in [1.29, 1.82) is 0 Å². The van der Waals surface area contributed by atoms with E-state index in [1.54, 1.807) is 0 Å². The summed E-state index contributed by atoms with van der Waals surface area (Å²) >= 11 is 0. The van der Waals surface area contributed by atoms with Crippen molar-refractivity contribution in [1.82, 2.24) is 0 Å². The van der Waals surface area contributed by atoms with Gasteiger partial charge in [-0.05, 0) is 0 Å². The molecule has 0 aliphatic carbocycles. The second-order valence-corrected chi connectivity index (χ2v) is 2.81. The second kappa shape index (κ2) is 5.06. The fraction of sp³-hybridized carbons (Fsp3) is 1.00. The highest BCUT2D eigenvalue weighted by Crippen LogP contribution is 2.17. The lowest BCUT2D eigenvalue weighted by molar-refractivity contribution is -0.258. The molecule has 1 unspecified atom stereocenters. The van der Waals surface area contributed by atoms with E-state index in [-0.39, 0.29) is 12.4 Å². The van der Waals surface area contributed by atoms with E-state index < -0.39 is 37.3 Å². The van der Waals surface area contributed by atoms with Crippen LogP contribution in [0.15, 0.2) is 0 Å². The topological polar surface area (TPSA) is 116 Å². The first-order valence-corrected chi connectivity index (χ1v) is 3.64. The van der Waals surface area contributed by atoms with Crippen molar-refractivity contribution in [2.24, 2.45) is 5.73 Å². The molecule has 0 amide bonds. The summed E-state index contributed by atoms with van der Waals surface area (Å²) in [5.74, 6) is 0. The molecule has 1 heterocycles. The molecule has 7 heteroatoms. The Kier molecular flexibility index (Phi) is 5.08. The maximum atomic E-state index is 9.24. The van der Waals surface area contributed by atoms with Gasteiger partial charge in [0.2, 0.25) is 0 Å². The molecule has 6 nitrogen and oxygen atoms in total. The van der Waals surface area contributed by atoms with Crippen LogP contribution in [-0.4, -0.2) is 57.7 Å². The lowest BCUT2D eigenvalue weighted by Gasteiger charge is -2.38. The summed E-state index contributed by atoms with van der Waals surface area (Å²) in [5, 5.41) is 36.0. The molecule has 1 aliphatic heterocycles. The third kappa shape index (κ3) is 2.50. The van der Waals surface area contributed by atoms with Crippen LogP contribution >= 0.6 is 12.4 Å². The Hall–Kier alpha value is 0.0500. The van der Waals surface area contributed by atoms with Gasteiger partial charge in [0.1, 0.15) is 18.3 Å². The summed E-state index contributed by atoms with van der Waals surface area (Å²) < 4.78 is 4.66. The normalized spacial score (nSPS) is 45.5. The van der Waals surface area contributed by atoms with Crippen LogP contribution < -0.4 is 5.73 Å². The van der Waals surface area contributed by atoms with Gasteiger partial charge in [-0.1, -0.05) is 0 Å². The van der Waals surface area contributed by atoms with Crippen LogP contribution in [0.5, 0.6) is 0 Å². The van der Waals surface area contributed by atoms with Gasteiger partial charge in [0.05, 0.1) is 12.6 Å². The predicted molar refractivity (Wildman–Crippen MR) is 45.2 cm³/mol. The zero-order valence-electron chi connectivity index (χ0n) is 6.78. The molecule has 6 N–H and O–H groups in total. The SMILES string of the molecule is Cl.N[C@H]1[C@H](O)[C@@H](CO)OC(O)[C@@H]1O. The van der Waals surface area contributed by atoms with Gasteiger partial charge in [-0.15, -0.1) is 12.4 Å². The minimum atomic E-state index is -1.44. The Bertz CT molecular complexity index is 155. The number of ether oxygens (including phenoxy) is 1. The van der Waals surface area contributed by atoms with Gasteiger partial charge in [0, 0.05) is 0 Å². The van der Waals surface area contributed by atoms with Gasteiger partial charge >= 0.3 is 0 Å². The number of hydrogen-bond donors (Lipinski definition) is 5. The average molecular weight is 216 g/mol. The quantitative estimate of drug-likeness (QED) is 0.322.